The van der Waals surface area contributed by atoms with Crippen molar-refractivity contribution in [3.05, 3.63) is 89.9 Å². The second kappa shape index (κ2) is 10.3. The van der Waals surface area contributed by atoms with Crippen molar-refractivity contribution in [1.82, 2.24) is 15.1 Å². The van der Waals surface area contributed by atoms with Crippen LogP contribution in [0.3, 0.4) is 0 Å². The van der Waals surface area contributed by atoms with Crippen molar-refractivity contribution in [2.75, 3.05) is 26.2 Å². The standard InChI is InChI=1S/C24H21F2N3O6S/c25-16-7-9-17(10-8-16)36(33,34)22(27-21(30)20-6-3-15-35-20)24(32)29-13-11-28(12-14-29)23(31)18-4-1-2-5-19(18)26/h1-10,15,22H,11-14H2,(H,27,30)/t22-/m0/s1. The van der Waals surface area contributed by atoms with Crippen molar-refractivity contribution in [3.63, 3.8) is 0 Å². The van der Waals surface area contributed by atoms with Crippen molar-refractivity contribution >= 4 is 27.6 Å². The summed E-state index contributed by atoms with van der Waals surface area (Å²) >= 11 is 0. The van der Waals surface area contributed by atoms with E-state index < -0.39 is 44.6 Å². The normalized spacial score (nSPS) is 14.8. The highest BCUT2D eigenvalue weighted by Crippen LogP contribution is 2.20. The summed E-state index contributed by atoms with van der Waals surface area (Å²) in [6.07, 6.45) is 1.21. The number of hydrogen-bond acceptors (Lipinski definition) is 6. The van der Waals surface area contributed by atoms with E-state index in [0.717, 1.165) is 24.3 Å². The molecule has 3 aromatic rings. The number of nitrogens with zero attached hydrogens (tertiary/aromatic N) is 2. The number of furan rings is 1. The van der Waals surface area contributed by atoms with Gasteiger partial charge in [-0.05, 0) is 48.5 Å². The van der Waals surface area contributed by atoms with Gasteiger partial charge in [0.1, 0.15) is 11.6 Å². The lowest BCUT2D eigenvalue weighted by Gasteiger charge is -2.36. The van der Waals surface area contributed by atoms with Crippen molar-refractivity contribution in [2.24, 2.45) is 0 Å². The van der Waals surface area contributed by atoms with Gasteiger partial charge in [-0.2, -0.15) is 0 Å². The Bertz CT molecular complexity index is 1370. The molecule has 4 rings (SSSR count). The summed E-state index contributed by atoms with van der Waals surface area (Å²) in [5.74, 6) is -3.97. The van der Waals surface area contributed by atoms with Gasteiger partial charge < -0.3 is 19.5 Å². The minimum atomic E-state index is -4.49. The number of carbonyl (C=O) groups excluding carboxylic acids is 3. The summed E-state index contributed by atoms with van der Waals surface area (Å²) in [4.78, 5) is 40.8. The molecule has 1 aliphatic rings. The molecule has 2 aromatic carbocycles. The smallest absolute Gasteiger partial charge is 0.288 e. The number of rotatable bonds is 6. The average molecular weight is 518 g/mol. The number of halogens is 2. The first-order valence-corrected chi connectivity index (χ1v) is 12.4. The summed E-state index contributed by atoms with van der Waals surface area (Å²) in [7, 11) is -4.49. The summed E-state index contributed by atoms with van der Waals surface area (Å²) < 4.78 is 59.0. The van der Waals surface area contributed by atoms with E-state index in [1.54, 1.807) is 0 Å². The van der Waals surface area contributed by atoms with Crippen LogP contribution in [-0.4, -0.2) is 67.5 Å². The summed E-state index contributed by atoms with van der Waals surface area (Å²) in [5, 5.41) is 0.168. The third kappa shape index (κ3) is 5.13. The zero-order chi connectivity index (χ0) is 25.9. The van der Waals surface area contributed by atoms with Crippen LogP contribution in [0.2, 0.25) is 0 Å². The average Bonchev–Trinajstić information content (AvgIpc) is 3.42. The van der Waals surface area contributed by atoms with Crippen molar-refractivity contribution in [2.45, 2.75) is 10.3 Å². The van der Waals surface area contributed by atoms with Gasteiger partial charge in [-0.15, -0.1) is 0 Å². The molecule has 1 aliphatic heterocycles. The van der Waals surface area contributed by atoms with Gasteiger partial charge in [0.05, 0.1) is 16.7 Å². The first-order chi connectivity index (χ1) is 17.2. The molecule has 36 heavy (non-hydrogen) atoms. The number of sulfone groups is 1. The number of piperazine rings is 1. The molecule has 0 aliphatic carbocycles. The van der Waals surface area contributed by atoms with E-state index >= 15 is 0 Å². The van der Waals surface area contributed by atoms with Crippen LogP contribution in [0.15, 0.2) is 76.2 Å². The van der Waals surface area contributed by atoms with Gasteiger partial charge in [-0.25, -0.2) is 17.2 Å². The summed E-state index contributed by atoms with van der Waals surface area (Å²) in [6, 6.07) is 12.1. The fraction of sp³-hybridized carbons (Fsp3) is 0.208. The maximum Gasteiger partial charge on any atom is 0.288 e. The molecule has 188 valence electrons. The highest BCUT2D eigenvalue weighted by molar-refractivity contribution is 7.92. The predicted molar refractivity (Wildman–Crippen MR) is 122 cm³/mol. The quantitative estimate of drug-likeness (QED) is 0.501. The van der Waals surface area contributed by atoms with E-state index in [9.17, 15) is 31.6 Å². The van der Waals surface area contributed by atoms with Crippen molar-refractivity contribution in [3.8, 4) is 0 Å². The van der Waals surface area contributed by atoms with E-state index in [4.69, 9.17) is 4.42 Å². The van der Waals surface area contributed by atoms with E-state index in [2.05, 4.69) is 5.32 Å². The minimum Gasteiger partial charge on any atom is -0.459 e. The van der Waals surface area contributed by atoms with Crippen LogP contribution in [0.4, 0.5) is 8.78 Å². The second-order valence-corrected chi connectivity index (χ2v) is 9.96. The Hall–Kier alpha value is -4.06. The Morgan fingerprint density at radius 2 is 1.50 bits per heavy atom. The molecule has 1 fully saturated rings. The largest absolute Gasteiger partial charge is 0.459 e. The molecule has 1 saturated heterocycles. The van der Waals surface area contributed by atoms with E-state index in [0.29, 0.717) is 0 Å². The van der Waals surface area contributed by atoms with Gasteiger partial charge in [0.15, 0.2) is 5.76 Å². The summed E-state index contributed by atoms with van der Waals surface area (Å²) in [5.41, 5.74) is -0.111. The van der Waals surface area contributed by atoms with Crippen LogP contribution >= 0.6 is 0 Å². The second-order valence-electron chi connectivity index (χ2n) is 7.93. The van der Waals surface area contributed by atoms with Gasteiger partial charge in [0.25, 0.3) is 17.7 Å². The van der Waals surface area contributed by atoms with Gasteiger partial charge in [0, 0.05) is 26.2 Å². The van der Waals surface area contributed by atoms with Gasteiger partial charge in [-0.3, -0.25) is 14.4 Å². The number of amides is 3. The van der Waals surface area contributed by atoms with Crippen LogP contribution in [0, 0.1) is 11.6 Å². The van der Waals surface area contributed by atoms with Crippen LogP contribution < -0.4 is 5.32 Å². The molecule has 12 heteroatoms. The monoisotopic (exact) mass is 517 g/mol. The van der Waals surface area contributed by atoms with E-state index in [-0.39, 0.29) is 42.4 Å². The van der Waals surface area contributed by atoms with Crippen LogP contribution in [-0.2, 0) is 14.6 Å². The van der Waals surface area contributed by atoms with Gasteiger partial charge in [0.2, 0.25) is 15.2 Å². The Kier molecular flexibility index (Phi) is 7.15. The number of benzene rings is 2. The highest BCUT2D eigenvalue weighted by Gasteiger charge is 2.40. The van der Waals surface area contributed by atoms with Gasteiger partial charge >= 0.3 is 0 Å². The fourth-order valence-electron chi connectivity index (χ4n) is 3.73. The maximum atomic E-state index is 14.0. The lowest BCUT2D eigenvalue weighted by Crippen LogP contribution is -2.57. The Morgan fingerprint density at radius 1 is 0.861 bits per heavy atom. The molecule has 3 amide bonds. The van der Waals surface area contributed by atoms with Crippen LogP contribution in [0.1, 0.15) is 20.9 Å². The maximum absolute atomic E-state index is 14.0. The molecular weight excluding hydrogens is 496 g/mol. The molecule has 0 bridgehead atoms. The first kappa shape index (κ1) is 25.0. The highest BCUT2D eigenvalue weighted by atomic mass is 32.2. The minimum absolute atomic E-state index is 0.0222. The lowest BCUT2D eigenvalue weighted by atomic mass is 10.1. The Morgan fingerprint density at radius 3 is 2.11 bits per heavy atom. The zero-order valence-corrected chi connectivity index (χ0v) is 19.6. The molecule has 2 heterocycles. The van der Waals surface area contributed by atoms with Crippen LogP contribution in [0.25, 0.3) is 0 Å². The zero-order valence-electron chi connectivity index (χ0n) is 18.8. The SMILES string of the molecule is O=C(N[C@H](C(=O)N1CCN(C(=O)c2ccccc2F)CC1)S(=O)(=O)c1ccc(F)cc1)c1ccco1. The number of nitrogens with one attached hydrogen (secondary N) is 1. The lowest BCUT2D eigenvalue weighted by molar-refractivity contribution is -0.132. The first-order valence-electron chi connectivity index (χ1n) is 10.8. The number of hydrogen-bond donors (Lipinski definition) is 1. The number of carbonyl (C=O) groups is 3. The van der Waals surface area contributed by atoms with Gasteiger partial charge in [-0.1, -0.05) is 12.1 Å². The molecule has 1 aromatic heterocycles. The fourth-order valence-corrected chi connectivity index (χ4v) is 5.20. The molecule has 1 atom stereocenters. The topological polar surface area (TPSA) is 117 Å². The molecule has 0 saturated carbocycles. The molecule has 0 spiro atoms. The van der Waals surface area contributed by atoms with Crippen molar-refractivity contribution in [1.29, 1.82) is 0 Å². The third-order valence-electron chi connectivity index (χ3n) is 5.67. The van der Waals surface area contributed by atoms with E-state index in [1.807, 2.05) is 0 Å². The molecule has 0 radical (unpaired) electrons. The predicted octanol–water partition coefficient (Wildman–Crippen LogP) is 2.07. The third-order valence-corrected chi connectivity index (χ3v) is 7.54. The van der Waals surface area contributed by atoms with Crippen LogP contribution in [0.5, 0.6) is 0 Å². The summed E-state index contributed by atoms with van der Waals surface area (Å²) in [6.45, 7) is -0.0567. The molecular formula is C24H21F2N3O6S. The molecule has 1 N–H and O–H groups in total. The van der Waals surface area contributed by atoms with E-state index in [1.165, 1.54) is 52.5 Å². The Labute approximate surface area is 205 Å². The molecule has 0 unspecified atom stereocenters. The van der Waals surface area contributed by atoms with Crippen molar-refractivity contribution < 1.29 is 36.0 Å². The Balaban J connectivity index is 1.54. The molecule has 9 nitrogen and oxygen atoms in total.